The number of nitrogens with two attached hydrogens (primary N) is 2. The predicted molar refractivity (Wildman–Crippen MR) is 130 cm³/mol. The summed E-state index contributed by atoms with van der Waals surface area (Å²) < 4.78 is 17.2. The highest BCUT2D eigenvalue weighted by atomic mass is 16.5. The standard InChI is InChI=1S/C24H22N8O3/c1-33-16-8-14(9-17(21(16)34-2)35-11-13-6-4-3-5-7-13)20-18-19(27)15(10-25)22(28)31-23(18)32-24(30-20)29-12-26/h3-9,20H,11H2,1-2H3,(H6,27,28,29,30,31,32). The Hall–Kier alpha value is -5.16. The lowest BCUT2D eigenvalue weighted by atomic mass is 9.94. The summed E-state index contributed by atoms with van der Waals surface area (Å²) in [6.45, 7) is 0.288. The molecule has 2 aromatic carbocycles. The van der Waals surface area contributed by atoms with E-state index >= 15 is 0 Å². The van der Waals surface area contributed by atoms with E-state index in [1.807, 2.05) is 42.6 Å². The van der Waals surface area contributed by atoms with E-state index in [1.54, 1.807) is 12.1 Å². The normalized spacial score (nSPS) is 13.8. The number of guanidine groups is 1. The van der Waals surface area contributed by atoms with Gasteiger partial charge in [-0.2, -0.15) is 10.5 Å². The van der Waals surface area contributed by atoms with Gasteiger partial charge in [0.05, 0.1) is 19.9 Å². The van der Waals surface area contributed by atoms with E-state index in [-0.39, 0.29) is 35.5 Å². The molecule has 1 unspecified atom stereocenters. The van der Waals surface area contributed by atoms with E-state index in [9.17, 15) is 5.26 Å². The van der Waals surface area contributed by atoms with E-state index in [4.69, 9.17) is 30.9 Å². The van der Waals surface area contributed by atoms with Crippen LogP contribution in [-0.2, 0) is 6.61 Å². The van der Waals surface area contributed by atoms with Crippen LogP contribution in [0.1, 0.15) is 28.3 Å². The van der Waals surface area contributed by atoms with Crippen LogP contribution in [0.25, 0.3) is 0 Å². The molecule has 0 saturated carbocycles. The van der Waals surface area contributed by atoms with Crippen molar-refractivity contribution in [1.29, 1.82) is 10.5 Å². The Morgan fingerprint density at radius 1 is 1.09 bits per heavy atom. The number of fused-ring (bicyclic) bond motifs is 1. The van der Waals surface area contributed by atoms with Crippen molar-refractivity contribution in [2.45, 2.75) is 12.6 Å². The van der Waals surface area contributed by atoms with Crippen molar-refractivity contribution in [3.63, 3.8) is 0 Å². The smallest absolute Gasteiger partial charge is 0.211 e. The second-order valence-electron chi connectivity index (χ2n) is 7.43. The third-order valence-electron chi connectivity index (χ3n) is 5.38. The van der Waals surface area contributed by atoms with E-state index in [2.05, 4.69) is 20.6 Å². The topological polar surface area (TPSA) is 177 Å². The van der Waals surface area contributed by atoms with Gasteiger partial charge in [0.2, 0.25) is 11.7 Å². The number of nitrogens with one attached hydrogen (secondary N) is 2. The Labute approximate surface area is 201 Å². The number of pyridine rings is 1. The number of benzene rings is 2. The van der Waals surface area contributed by atoms with Gasteiger partial charge < -0.3 is 31.0 Å². The second kappa shape index (κ2) is 9.77. The lowest BCUT2D eigenvalue weighted by molar-refractivity contribution is 0.275. The lowest BCUT2D eigenvalue weighted by Crippen LogP contribution is -2.32. The second-order valence-corrected chi connectivity index (χ2v) is 7.43. The largest absolute Gasteiger partial charge is 0.493 e. The van der Waals surface area contributed by atoms with Gasteiger partial charge in [0.15, 0.2) is 17.7 Å². The molecule has 3 aromatic rings. The Morgan fingerprint density at radius 3 is 2.49 bits per heavy atom. The molecule has 11 nitrogen and oxygen atoms in total. The average Bonchev–Trinajstić information content (AvgIpc) is 2.87. The maximum Gasteiger partial charge on any atom is 0.211 e. The molecule has 0 spiro atoms. The van der Waals surface area contributed by atoms with E-state index in [0.717, 1.165) is 5.56 Å². The number of aromatic nitrogens is 1. The molecule has 35 heavy (non-hydrogen) atoms. The fourth-order valence-electron chi connectivity index (χ4n) is 3.77. The third kappa shape index (κ3) is 4.38. The lowest BCUT2D eigenvalue weighted by Gasteiger charge is -2.27. The Balaban J connectivity index is 1.86. The number of ether oxygens (including phenoxy) is 3. The first-order chi connectivity index (χ1) is 17.0. The number of hydrogen-bond acceptors (Lipinski definition) is 11. The quantitative estimate of drug-likeness (QED) is 0.309. The van der Waals surface area contributed by atoms with E-state index < -0.39 is 6.04 Å². The summed E-state index contributed by atoms with van der Waals surface area (Å²) in [5, 5.41) is 24.1. The molecule has 1 aliphatic rings. The summed E-state index contributed by atoms with van der Waals surface area (Å²) in [5.41, 5.74) is 14.4. The molecule has 0 radical (unpaired) electrons. The molecule has 11 heteroatoms. The first-order valence-corrected chi connectivity index (χ1v) is 10.4. The molecule has 4 rings (SSSR count). The van der Waals surface area contributed by atoms with Crippen LogP contribution in [0.15, 0.2) is 47.5 Å². The van der Waals surface area contributed by atoms with Gasteiger partial charge in [0, 0.05) is 5.56 Å². The van der Waals surface area contributed by atoms with Gasteiger partial charge in [0.1, 0.15) is 35.9 Å². The molecule has 2 heterocycles. The zero-order valence-corrected chi connectivity index (χ0v) is 19.0. The first kappa shape index (κ1) is 23.0. The molecule has 176 valence electrons. The Bertz CT molecular complexity index is 1380. The van der Waals surface area contributed by atoms with Crippen LogP contribution < -0.4 is 36.3 Å². The number of aliphatic imine (C=N–C) groups is 1. The third-order valence-corrected chi connectivity index (χ3v) is 5.38. The molecule has 0 amide bonds. The Kier molecular flexibility index (Phi) is 6.42. The van der Waals surface area contributed by atoms with Gasteiger partial charge in [-0.05, 0) is 23.3 Å². The fraction of sp³-hybridized carbons (Fsp3) is 0.167. The minimum absolute atomic E-state index is 0.0348. The minimum Gasteiger partial charge on any atom is -0.493 e. The van der Waals surface area contributed by atoms with Gasteiger partial charge in [0.25, 0.3) is 0 Å². The number of rotatable bonds is 6. The van der Waals surface area contributed by atoms with Crippen LogP contribution >= 0.6 is 0 Å². The number of nitriles is 2. The Morgan fingerprint density at radius 2 is 1.83 bits per heavy atom. The number of nitrogen functional groups attached to an aromatic ring is 2. The summed E-state index contributed by atoms with van der Waals surface area (Å²) in [5.74, 6) is 1.61. The molecular weight excluding hydrogens is 448 g/mol. The van der Waals surface area contributed by atoms with Gasteiger partial charge in [-0.15, -0.1) is 0 Å². The van der Waals surface area contributed by atoms with Crippen molar-refractivity contribution in [3.05, 3.63) is 64.7 Å². The summed E-state index contributed by atoms with van der Waals surface area (Å²) in [6.07, 6.45) is 1.83. The van der Waals surface area contributed by atoms with E-state index in [0.29, 0.717) is 28.4 Å². The predicted octanol–water partition coefficient (Wildman–Crippen LogP) is 2.66. The van der Waals surface area contributed by atoms with Crippen molar-refractivity contribution >= 4 is 23.3 Å². The maximum atomic E-state index is 9.55. The van der Waals surface area contributed by atoms with Crippen LogP contribution in [-0.4, -0.2) is 25.2 Å². The molecule has 1 aromatic heterocycles. The van der Waals surface area contributed by atoms with Crippen molar-refractivity contribution in [2.75, 3.05) is 31.0 Å². The summed E-state index contributed by atoms with van der Waals surface area (Å²) in [6, 6.07) is 14.4. The van der Waals surface area contributed by atoms with Crippen LogP contribution in [0.4, 0.5) is 17.3 Å². The molecule has 6 N–H and O–H groups in total. The molecule has 0 saturated heterocycles. The highest BCUT2D eigenvalue weighted by Gasteiger charge is 2.31. The molecule has 0 aliphatic carbocycles. The van der Waals surface area contributed by atoms with Crippen molar-refractivity contribution in [2.24, 2.45) is 4.99 Å². The van der Waals surface area contributed by atoms with Crippen LogP contribution in [0.3, 0.4) is 0 Å². The monoisotopic (exact) mass is 470 g/mol. The van der Waals surface area contributed by atoms with Gasteiger partial charge in [-0.1, -0.05) is 30.3 Å². The maximum absolute atomic E-state index is 9.55. The van der Waals surface area contributed by atoms with Crippen LogP contribution in [0, 0.1) is 22.8 Å². The van der Waals surface area contributed by atoms with E-state index in [1.165, 1.54) is 14.2 Å². The number of nitrogens with zero attached hydrogens (tertiary/aromatic N) is 4. The summed E-state index contributed by atoms with van der Waals surface area (Å²) in [4.78, 5) is 8.86. The van der Waals surface area contributed by atoms with Crippen LogP contribution in [0.2, 0.25) is 0 Å². The molecule has 1 atom stereocenters. The molecule has 1 aliphatic heterocycles. The van der Waals surface area contributed by atoms with Crippen LogP contribution in [0.5, 0.6) is 17.2 Å². The fourth-order valence-corrected chi connectivity index (χ4v) is 3.77. The number of hydrogen-bond donors (Lipinski definition) is 4. The first-order valence-electron chi connectivity index (χ1n) is 10.4. The molecular formula is C24H22N8O3. The summed E-state index contributed by atoms with van der Waals surface area (Å²) >= 11 is 0. The summed E-state index contributed by atoms with van der Waals surface area (Å²) in [7, 11) is 3.03. The average molecular weight is 470 g/mol. The molecule has 0 fully saturated rings. The zero-order chi connectivity index (χ0) is 24.9. The zero-order valence-electron chi connectivity index (χ0n) is 19.0. The number of anilines is 3. The van der Waals surface area contributed by atoms with Crippen molar-refractivity contribution < 1.29 is 14.2 Å². The molecule has 0 bridgehead atoms. The number of methoxy groups -OCH3 is 2. The minimum atomic E-state index is -0.763. The highest BCUT2D eigenvalue weighted by Crippen LogP contribution is 2.46. The van der Waals surface area contributed by atoms with Gasteiger partial charge in [-0.25, -0.2) is 9.98 Å². The highest BCUT2D eigenvalue weighted by molar-refractivity contribution is 5.98. The van der Waals surface area contributed by atoms with Crippen molar-refractivity contribution in [1.82, 2.24) is 10.3 Å². The van der Waals surface area contributed by atoms with Gasteiger partial charge in [-0.3, -0.25) is 5.32 Å². The van der Waals surface area contributed by atoms with Crippen molar-refractivity contribution in [3.8, 4) is 29.5 Å². The SMILES string of the molecule is COc1cc(C2N=C(NC#N)Nc3nc(N)c(C#N)c(N)c32)cc(OCc2ccccc2)c1OC. The van der Waals surface area contributed by atoms with Gasteiger partial charge >= 0.3 is 0 Å².